The van der Waals surface area contributed by atoms with Gasteiger partial charge in [-0.15, -0.1) is 0 Å². The van der Waals surface area contributed by atoms with Crippen LogP contribution in [0.1, 0.15) is 53.7 Å². The zero-order valence-corrected chi connectivity index (χ0v) is 17.3. The fourth-order valence-corrected chi connectivity index (χ4v) is 2.91. The summed E-state index contributed by atoms with van der Waals surface area (Å²) in [6, 6.07) is 10.8. The van der Waals surface area contributed by atoms with Gasteiger partial charge in [0.2, 0.25) is 0 Å². The van der Waals surface area contributed by atoms with Crippen molar-refractivity contribution >= 4 is 17.6 Å². The molecule has 0 bridgehead atoms. The van der Waals surface area contributed by atoms with Gasteiger partial charge in [-0.1, -0.05) is 31.0 Å². The first kappa shape index (κ1) is 21.5. The van der Waals surface area contributed by atoms with E-state index in [-0.39, 0.29) is 5.91 Å². The van der Waals surface area contributed by atoms with Gasteiger partial charge in [0.15, 0.2) is 6.10 Å². The Morgan fingerprint density at radius 1 is 1.04 bits per heavy atom. The van der Waals surface area contributed by atoms with Crippen LogP contribution in [-0.4, -0.2) is 24.6 Å². The van der Waals surface area contributed by atoms with E-state index in [2.05, 4.69) is 12.2 Å². The standard InChI is InChI=1S/C23H29NO4/c1-6-7-12-27-20-10-8-19(9-11-20)23(26)28-18(5)22(25)24-21-16(3)13-15(2)14-17(21)4/h8-11,13-14,18H,6-7,12H2,1-5H3,(H,24,25)/t18-/m1/s1. The van der Waals surface area contributed by atoms with Gasteiger partial charge >= 0.3 is 5.97 Å². The van der Waals surface area contributed by atoms with Crippen LogP contribution in [0.5, 0.6) is 5.75 Å². The van der Waals surface area contributed by atoms with E-state index in [4.69, 9.17) is 9.47 Å². The number of esters is 1. The highest BCUT2D eigenvalue weighted by atomic mass is 16.5. The predicted octanol–water partition coefficient (Wildman–Crippen LogP) is 4.97. The molecule has 0 spiro atoms. The van der Waals surface area contributed by atoms with Gasteiger partial charge in [0.1, 0.15) is 5.75 Å². The largest absolute Gasteiger partial charge is 0.494 e. The average Bonchev–Trinajstić information content (AvgIpc) is 2.65. The van der Waals surface area contributed by atoms with E-state index in [1.807, 2.05) is 32.9 Å². The summed E-state index contributed by atoms with van der Waals surface area (Å²) in [5.74, 6) is -0.191. The third-order valence-corrected chi connectivity index (χ3v) is 4.43. The number of carbonyl (C=O) groups is 2. The number of unbranched alkanes of at least 4 members (excludes halogenated alkanes) is 1. The smallest absolute Gasteiger partial charge is 0.338 e. The Balaban J connectivity index is 1.95. The fraction of sp³-hybridized carbons (Fsp3) is 0.391. The Morgan fingerprint density at radius 3 is 2.21 bits per heavy atom. The van der Waals surface area contributed by atoms with Gasteiger partial charge in [-0.2, -0.15) is 0 Å². The molecule has 2 rings (SSSR count). The van der Waals surface area contributed by atoms with Crippen molar-refractivity contribution in [3.8, 4) is 5.75 Å². The highest BCUT2D eigenvalue weighted by molar-refractivity contribution is 5.98. The summed E-state index contributed by atoms with van der Waals surface area (Å²) < 4.78 is 10.9. The number of rotatable bonds is 8. The van der Waals surface area contributed by atoms with Crippen LogP contribution >= 0.6 is 0 Å². The molecule has 1 amide bonds. The second-order valence-corrected chi connectivity index (χ2v) is 7.04. The lowest BCUT2D eigenvalue weighted by Gasteiger charge is -2.17. The van der Waals surface area contributed by atoms with Crippen LogP contribution in [0, 0.1) is 20.8 Å². The number of amides is 1. The summed E-state index contributed by atoms with van der Waals surface area (Å²) in [4.78, 5) is 24.8. The zero-order valence-electron chi connectivity index (χ0n) is 17.3. The van der Waals surface area contributed by atoms with E-state index in [0.29, 0.717) is 17.9 Å². The molecular formula is C23H29NO4. The minimum atomic E-state index is -0.909. The number of ether oxygens (including phenoxy) is 2. The Labute approximate surface area is 167 Å². The van der Waals surface area contributed by atoms with E-state index < -0.39 is 12.1 Å². The predicted molar refractivity (Wildman–Crippen MR) is 111 cm³/mol. The minimum absolute atomic E-state index is 0.358. The summed E-state index contributed by atoms with van der Waals surface area (Å²) in [7, 11) is 0. The lowest BCUT2D eigenvalue weighted by atomic mass is 10.0. The Bertz CT molecular complexity index is 804. The van der Waals surface area contributed by atoms with Crippen molar-refractivity contribution in [3.63, 3.8) is 0 Å². The normalized spacial score (nSPS) is 11.6. The number of hydrogen-bond donors (Lipinski definition) is 1. The summed E-state index contributed by atoms with van der Waals surface area (Å²) in [6.07, 6.45) is 1.13. The molecule has 0 unspecified atom stereocenters. The molecule has 5 heteroatoms. The van der Waals surface area contributed by atoms with Crippen molar-refractivity contribution in [1.82, 2.24) is 0 Å². The van der Waals surface area contributed by atoms with Crippen molar-refractivity contribution in [1.29, 1.82) is 0 Å². The van der Waals surface area contributed by atoms with Gasteiger partial charge in [-0.05, 0) is 69.5 Å². The number of nitrogens with one attached hydrogen (secondary N) is 1. The SMILES string of the molecule is CCCCOc1ccc(C(=O)O[C@H](C)C(=O)Nc2c(C)cc(C)cc2C)cc1. The maximum Gasteiger partial charge on any atom is 0.338 e. The van der Waals surface area contributed by atoms with Crippen LogP contribution in [0.15, 0.2) is 36.4 Å². The molecular weight excluding hydrogens is 354 g/mol. The molecule has 1 atom stereocenters. The van der Waals surface area contributed by atoms with Gasteiger partial charge in [-0.25, -0.2) is 4.79 Å². The highest BCUT2D eigenvalue weighted by Gasteiger charge is 2.20. The number of aryl methyl sites for hydroxylation is 3. The third-order valence-electron chi connectivity index (χ3n) is 4.43. The molecule has 0 aliphatic carbocycles. The molecule has 150 valence electrons. The third kappa shape index (κ3) is 5.84. The lowest BCUT2D eigenvalue weighted by molar-refractivity contribution is -0.123. The monoisotopic (exact) mass is 383 g/mol. The maximum absolute atomic E-state index is 12.5. The first-order chi connectivity index (χ1) is 13.3. The first-order valence-corrected chi connectivity index (χ1v) is 9.64. The van der Waals surface area contributed by atoms with Crippen molar-refractivity contribution < 1.29 is 19.1 Å². The van der Waals surface area contributed by atoms with Crippen LogP contribution in [0.2, 0.25) is 0 Å². The topological polar surface area (TPSA) is 64.6 Å². The van der Waals surface area contributed by atoms with Gasteiger partial charge in [0.25, 0.3) is 5.91 Å². The minimum Gasteiger partial charge on any atom is -0.494 e. The first-order valence-electron chi connectivity index (χ1n) is 9.64. The fourth-order valence-electron chi connectivity index (χ4n) is 2.91. The van der Waals surface area contributed by atoms with E-state index in [9.17, 15) is 9.59 Å². The molecule has 0 aliphatic heterocycles. The second-order valence-electron chi connectivity index (χ2n) is 7.04. The number of anilines is 1. The quantitative estimate of drug-likeness (QED) is 0.516. The zero-order chi connectivity index (χ0) is 20.7. The molecule has 2 aromatic rings. The van der Waals surface area contributed by atoms with E-state index in [0.717, 1.165) is 35.2 Å². The summed E-state index contributed by atoms with van der Waals surface area (Å²) in [5.41, 5.74) is 4.22. The highest BCUT2D eigenvalue weighted by Crippen LogP contribution is 2.22. The molecule has 28 heavy (non-hydrogen) atoms. The lowest BCUT2D eigenvalue weighted by Crippen LogP contribution is -2.30. The Morgan fingerprint density at radius 2 is 1.64 bits per heavy atom. The maximum atomic E-state index is 12.5. The second kappa shape index (κ2) is 9.93. The molecule has 0 aromatic heterocycles. The van der Waals surface area contributed by atoms with Crippen LogP contribution in [-0.2, 0) is 9.53 Å². The molecule has 5 nitrogen and oxygen atoms in total. The van der Waals surface area contributed by atoms with Gasteiger partial charge in [-0.3, -0.25) is 4.79 Å². The molecule has 0 saturated carbocycles. The summed E-state index contributed by atoms with van der Waals surface area (Å²) in [5, 5.41) is 2.86. The van der Waals surface area contributed by atoms with Crippen molar-refractivity contribution in [2.45, 2.75) is 53.6 Å². The Hall–Kier alpha value is -2.82. The molecule has 0 saturated heterocycles. The van der Waals surface area contributed by atoms with Crippen molar-refractivity contribution in [3.05, 3.63) is 58.7 Å². The summed E-state index contributed by atoms with van der Waals surface area (Å²) >= 11 is 0. The van der Waals surface area contributed by atoms with Gasteiger partial charge in [0.05, 0.1) is 12.2 Å². The Kier molecular flexibility index (Phi) is 7.61. The molecule has 1 N–H and O–H groups in total. The number of benzene rings is 2. The molecule has 2 aromatic carbocycles. The van der Waals surface area contributed by atoms with Crippen LogP contribution < -0.4 is 10.1 Å². The number of carbonyl (C=O) groups excluding carboxylic acids is 2. The van der Waals surface area contributed by atoms with Gasteiger partial charge in [0, 0.05) is 5.69 Å². The van der Waals surface area contributed by atoms with Crippen LogP contribution in [0.4, 0.5) is 5.69 Å². The van der Waals surface area contributed by atoms with Crippen molar-refractivity contribution in [2.75, 3.05) is 11.9 Å². The average molecular weight is 383 g/mol. The van der Waals surface area contributed by atoms with Crippen molar-refractivity contribution in [2.24, 2.45) is 0 Å². The van der Waals surface area contributed by atoms with E-state index >= 15 is 0 Å². The molecule has 0 radical (unpaired) electrons. The molecule has 0 heterocycles. The van der Waals surface area contributed by atoms with E-state index in [1.165, 1.54) is 0 Å². The van der Waals surface area contributed by atoms with Crippen LogP contribution in [0.3, 0.4) is 0 Å². The molecule has 0 aliphatic rings. The number of hydrogen-bond acceptors (Lipinski definition) is 4. The van der Waals surface area contributed by atoms with Crippen LogP contribution in [0.25, 0.3) is 0 Å². The summed E-state index contributed by atoms with van der Waals surface area (Å²) in [6.45, 7) is 10.2. The van der Waals surface area contributed by atoms with Gasteiger partial charge < -0.3 is 14.8 Å². The molecule has 0 fully saturated rings. The van der Waals surface area contributed by atoms with E-state index in [1.54, 1.807) is 31.2 Å².